The first-order valence-corrected chi connectivity index (χ1v) is 7.25. The highest BCUT2D eigenvalue weighted by molar-refractivity contribution is 9.10. The molecule has 0 unspecified atom stereocenters. The average Bonchev–Trinajstić information content (AvgIpc) is 2.40. The molecule has 6 heteroatoms. The van der Waals surface area contributed by atoms with Gasteiger partial charge < -0.3 is 11.1 Å². The molecule has 0 aliphatic heterocycles. The number of rotatable bonds is 3. The van der Waals surface area contributed by atoms with E-state index in [9.17, 15) is 9.18 Å². The second-order valence-electron chi connectivity index (χ2n) is 4.50. The van der Waals surface area contributed by atoms with Crippen LogP contribution in [0.1, 0.15) is 21.5 Å². The van der Waals surface area contributed by atoms with Gasteiger partial charge in [0.15, 0.2) is 0 Å². The van der Waals surface area contributed by atoms with Crippen LogP contribution in [-0.2, 0) is 0 Å². The maximum Gasteiger partial charge on any atom is 0.258 e. The van der Waals surface area contributed by atoms with Crippen molar-refractivity contribution < 1.29 is 9.18 Å². The summed E-state index contributed by atoms with van der Waals surface area (Å²) in [6, 6.07) is 9.50. The second kappa shape index (κ2) is 6.32. The molecule has 21 heavy (non-hydrogen) atoms. The predicted molar refractivity (Wildman–Crippen MR) is 89.1 cm³/mol. The number of carbonyl (C=O) groups excluding carboxylic acids is 1. The molecule has 3 N–H and O–H groups in total. The molecule has 0 aliphatic rings. The minimum absolute atomic E-state index is 0.00841. The average molecular weight is 367 g/mol. The normalized spacial score (nSPS) is 10.2. The summed E-state index contributed by atoms with van der Waals surface area (Å²) >= 11 is 8.20. The fourth-order valence-corrected chi connectivity index (χ4v) is 2.37. The summed E-state index contributed by atoms with van der Waals surface area (Å²) in [5, 5.41) is 2.64. The van der Waals surface area contributed by atoms with E-state index in [0.717, 1.165) is 5.56 Å². The molecule has 0 heterocycles. The minimum atomic E-state index is -0.552. The van der Waals surface area contributed by atoms with E-state index in [-0.39, 0.29) is 10.6 Å². The Morgan fingerprint density at radius 2 is 2.00 bits per heavy atom. The molecule has 108 valence electrons. The fourth-order valence-electron chi connectivity index (χ4n) is 1.76. The third kappa shape index (κ3) is 3.65. The Morgan fingerprint density at radius 1 is 1.29 bits per heavy atom. The summed E-state index contributed by atoms with van der Waals surface area (Å²) in [6.07, 6.45) is 0. The van der Waals surface area contributed by atoms with Gasteiger partial charge in [-0.2, -0.15) is 0 Å². The van der Waals surface area contributed by atoms with Crippen LogP contribution in [0, 0.1) is 12.7 Å². The number of hydrogen-bond donors (Lipinski definition) is 2. The Balaban J connectivity index is 2.25. The van der Waals surface area contributed by atoms with Gasteiger partial charge in [0.25, 0.3) is 5.91 Å². The SMILES string of the molecule is Cc1ccc(C(=O)Nc2ccc(C(N)=S)cc2Br)c(F)c1. The van der Waals surface area contributed by atoms with Gasteiger partial charge in [-0.3, -0.25) is 4.79 Å². The molecule has 2 aromatic carbocycles. The van der Waals surface area contributed by atoms with E-state index in [0.29, 0.717) is 15.7 Å². The fraction of sp³-hybridized carbons (Fsp3) is 0.0667. The summed E-state index contributed by atoms with van der Waals surface area (Å²) in [5.41, 5.74) is 7.47. The number of anilines is 1. The van der Waals surface area contributed by atoms with E-state index in [4.69, 9.17) is 18.0 Å². The standard InChI is InChI=1S/C15H12BrFN2OS/c1-8-2-4-10(12(17)6-8)15(20)19-13-5-3-9(14(18)21)7-11(13)16/h2-7H,1H3,(H2,18,21)(H,19,20). The summed E-state index contributed by atoms with van der Waals surface area (Å²) in [6.45, 7) is 1.76. The largest absolute Gasteiger partial charge is 0.389 e. The lowest BCUT2D eigenvalue weighted by Gasteiger charge is -2.10. The topological polar surface area (TPSA) is 55.1 Å². The van der Waals surface area contributed by atoms with Crippen molar-refractivity contribution in [2.45, 2.75) is 6.92 Å². The van der Waals surface area contributed by atoms with Crippen molar-refractivity contribution in [2.75, 3.05) is 5.32 Å². The van der Waals surface area contributed by atoms with Gasteiger partial charge in [0.1, 0.15) is 10.8 Å². The Morgan fingerprint density at radius 3 is 2.57 bits per heavy atom. The van der Waals surface area contributed by atoms with E-state index in [1.165, 1.54) is 12.1 Å². The molecule has 0 saturated heterocycles. The molecular weight excluding hydrogens is 355 g/mol. The van der Waals surface area contributed by atoms with Gasteiger partial charge in [0.05, 0.1) is 11.3 Å². The molecule has 0 radical (unpaired) electrons. The number of carbonyl (C=O) groups is 1. The van der Waals surface area contributed by atoms with Gasteiger partial charge in [-0.1, -0.05) is 18.3 Å². The number of thiocarbonyl (C=S) groups is 1. The van der Waals surface area contributed by atoms with Crippen LogP contribution in [0.3, 0.4) is 0 Å². The molecule has 2 aromatic rings. The summed E-state index contributed by atoms with van der Waals surface area (Å²) in [4.78, 5) is 12.4. The number of benzene rings is 2. The van der Waals surface area contributed by atoms with Crippen molar-refractivity contribution in [3.63, 3.8) is 0 Å². The molecule has 0 bridgehead atoms. The van der Waals surface area contributed by atoms with E-state index in [1.807, 2.05) is 0 Å². The first kappa shape index (κ1) is 15.6. The van der Waals surface area contributed by atoms with Gasteiger partial charge in [-0.15, -0.1) is 0 Å². The number of amides is 1. The molecule has 0 atom stereocenters. The Bertz CT molecular complexity index is 734. The molecule has 3 nitrogen and oxygen atoms in total. The predicted octanol–water partition coefficient (Wildman–Crippen LogP) is 3.78. The van der Waals surface area contributed by atoms with Crippen LogP contribution >= 0.6 is 28.1 Å². The van der Waals surface area contributed by atoms with Crippen molar-refractivity contribution in [3.8, 4) is 0 Å². The van der Waals surface area contributed by atoms with Gasteiger partial charge >= 0.3 is 0 Å². The van der Waals surface area contributed by atoms with Gasteiger partial charge in [-0.05, 0) is 58.7 Å². The first-order valence-electron chi connectivity index (χ1n) is 6.05. The molecular formula is C15H12BrFN2OS. The number of nitrogens with two attached hydrogens (primary N) is 1. The molecule has 2 rings (SSSR count). The van der Waals surface area contributed by atoms with Crippen LogP contribution in [0.4, 0.5) is 10.1 Å². The molecule has 0 aromatic heterocycles. The summed E-state index contributed by atoms with van der Waals surface area (Å²) in [5.74, 6) is -1.07. The van der Waals surface area contributed by atoms with Gasteiger partial charge in [0.2, 0.25) is 0 Å². The lowest BCUT2D eigenvalue weighted by atomic mass is 10.1. The zero-order valence-corrected chi connectivity index (χ0v) is 13.5. The Kier molecular flexibility index (Phi) is 4.69. The highest BCUT2D eigenvalue weighted by Gasteiger charge is 2.13. The maximum atomic E-state index is 13.8. The van der Waals surface area contributed by atoms with Crippen molar-refractivity contribution in [1.82, 2.24) is 0 Å². The highest BCUT2D eigenvalue weighted by Crippen LogP contribution is 2.24. The zero-order valence-electron chi connectivity index (χ0n) is 11.1. The second-order valence-corrected chi connectivity index (χ2v) is 5.79. The van der Waals surface area contributed by atoms with E-state index in [2.05, 4.69) is 21.2 Å². The Hall–Kier alpha value is -1.79. The lowest BCUT2D eigenvalue weighted by molar-refractivity contribution is 0.102. The minimum Gasteiger partial charge on any atom is -0.389 e. The zero-order chi connectivity index (χ0) is 15.6. The number of aryl methyl sites for hydroxylation is 1. The number of nitrogens with one attached hydrogen (secondary N) is 1. The molecule has 0 fully saturated rings. The maximum absolute atomic E-state index is 13.8. The Labute approximate surface area is 135 Å². The van der Waals surface area contributed by atoms with Crippen LogP contribution in [0.5, 0.6) is 0 Å². The highest BCUT2D eigenvalue weighted by atomic mass is 79.9. The van der Waals surface area contributed by atoms with Crippen LogP contribution in [-0.4, -0.2) is 10.9 Å². The van der Waals surface area contributed by atoms with E-state index >= 15 is 0 Å². The summed E-state index contributed by atoms with van der Waals surface area (Å²) < 4.78 is 14.4. The smallest absolute Gasteiger partial charge is 0.258 e. The van der Waals surface area contributed by atoms with Gasteiger partial charge in [0, 0.05) is 10.0 Å². The summed E-state index contributed by atoms with van der Waals surface area (Å²) in [7, 11) is 0. The van der Waals surface area contributed by atoms with Crippen molar-refractivity contribution >= 4 is 44.7 Å². The van der Waals surface area contributed by atoms with E-state index in [1.54, 1.807) is 31.2 Å². The van der Waals surface area contributed by atoms with Crippen LogP contribution < -0.4 is 11.1 Å². The molecule has 0 spiro atoms. The molecule has 0 aliphatic carbocycles. The quantitative estimate of drug-likeness (QED) is 0.812. The van der Waals surface area contributed by atoms with E-state index < -0.39 is 11.7 Å². The monoisotopic (exact) mass is 366 g/mol. The third-order valence-corrected chi connectivity index (χ3v) is 3.76. The number of hydrogen-bond acceptors (Lipinski definition) is 2. The van der Waals surface area contributed by atoms with Crippen LogP contribution in [0.25, 0.3) is 0 Å². The van der Waals surface area contributed by atoms with Crippen LogP contribution in [0.2, 0.25) is 0 Å². The van der Waals surface area contributed by atoms with Crippen molar-refractivity contribution in [2.24, 2.45) is 5.73 Å². The first-order chi connectivity index (χ1) is 9.88. The van der Waals surface area contributed by atoms with Crippen molar-refractivity contribution in [1.29, 1.82) is 0 Å². The third-order valence-electron chi connectivity index (χ3n) is 2.87. The molecule has 1 amide bonds. The van der Waals surface area contributed by atoms with Crippen LogP contribution in [0.15, 0.2) is 40.9 Å². The molecule has 0 saturated carbocycles. The van der Waals surface area contributed by atoms with Crippen molar-refractivity contribution in [3.05, 3.63) is 63.4 Å². The van der Waals surface area contributed by atoms with Gasteiger partial charge in [-0.25, -0.2) is 4.39 Å². The lowest BCUT2D eigenvalue weighted by Crippen LogP contribution is -2.15. The number of halogens is 2.